The molecule has 8 nitrogen and oxygen atoms in total. The third kappa shape index (κ3) is 3.26. The molecular formula is C19H20N6O2. The Balaban J connectivity index is 1.89. The zero-order chi connectivity index (χ0) is 19.2. The van der Waals surface area contributed by atoms with Gasteiger partial charge in [-0.15, -0.1) is 0 Å². The molecule has 0 saturated heterocycles. The van der Waals surface area contributed by atoms with Crippen molar-refractivity contribution in [3.05, 3.63) is 52.9 Å². The van der Waals surface area contributed by atoms with E-state index in [1.165, 1.54) is 10.7 Å². The van der Waals surface area contributed by atoms with Crippen LogP contribution in [-0.4, -0.2) is 40.2 Å². The zero-order valence-corrected chi connectivity index (χ0v) is 15.3. The number of aliphatic hydroxyl groups is 1. The SMILES string of the molecule is Cn1nc(-c2nc(-c3c[nH]c4ccccc34)nn2CC(C)(C)O)ccc1=O. The van der Waals surface area contributed by atoms with Gasteiger partial charge in [-0.1, -0.05) is 18.2 Å². The van der Waals surface area contributed by atoms with Crippen molar-refractivity contribution >= 4 is 10.9 Å². The van der Waals surface area contributed by atoms with Crippen LogP contribution < -0.4 is 5.56 Å². The Kier molecular flexibility index (Phi) is 3.92. The second kappa shape index (κ2) is 6.17. The van der Waals surface area contributed by atoms with E-state index in [0.29, 0.717) is 17.3 Å². The third-order valence-corrected chi connectivity index (χ3v) is 4.23. The van der Waals surface area contributed by atoms with Crippen molar-refractivity contribution in [2.75, 3.05) is 0 Å². The Morgan fingerprint density at radius 2 is 1.93 bits per heavy atom. The summed E-state index contributed by atoms with van der Waals surface area (Å²) in [6, 6.07) is 11.0. The molecule has 0 aliphatic rings. The number of para-hydroxylation sites is 1. The number of aromatic nitrogens is 6. The van der Waals surface area contributed by atoms with Gasteiger partial charge in [-0.3, -0.25) is 4.79 Å². The summed E-state index contributed by atoms with van der Waals surface area (Å²) in [5.41, 5.74) is 1.18. The summed E-state index contributed by atoms with van der Waals surface area (Å²) in [5.74, 6) is 1.02. The van der Waals surface area contributed by atoms with Gasteiger partial charge in [0.15, 0.2) is 11.6 Å². The maximum atomic E-state index is 11.7. The van der Waals surface area contributed by atoms with Gasteiger partial charge in [-0.05, 0) is 26.0 Å². The fourth-order valence-electron chi connectivity index (χ4n) is 3.00. The van der Waals surface area contributed by atoms with Crippen LogP contribution in [-0.2, 0) is 13.6 Å². The molecule has 0 radical (unpaired) electrons. The Bertz CT molecular complexity index is 1180. The van der Waals surface area contributed by atoms with Gasteiger partial charge in [0, 0.05) is 35.8 Å². The molecule has 0 atom stereocenters. The molecule has 0 unspecified atom stereocenters. The van der Waals surface area contributed by atoms with E-state index in [-0.39, 0.29) is 12.1 Å². The van der Waals surface area contributed by atoms with Crippen molar-refractivity contribution in [1.82, 2.24) is 29.5 Å². The summed E-state index contributed by atoms with van der Waals surface area (Å²) in [6.07, 6.45) is 1.87. The summed E-state index contributed by atoms with van der Waals surface area (Å²) < 4.78 is 2.88. The number of benzene rings is 1. The summed E-state index contributed by atoms with van der Waals surface area (Å²) in [7, 11) is 1.59. The maximum Gasteiger partial charge on any atom is 0.266 e. The van der Waals surface area contributed by atoms with Gasteiger partial charge in [-0.2, -0.15) is 10.2 Å². The maximum absolute atomic E-state index is 11.7. The van der Waals surface area contributed by atoms with E-state index >= 15 is 0 Å². The Labute approximate surface area is 155 Å². The topological polar surface area (TPSA) is 102 Å². The average Bonchev–Trinajstić information content (AvgIpc) is 3.20. The zero-order valence-electron chi connectivity index (χ0n) is 15.3. The first-order valence-electron chi connectivity index (χ1n) is 8.60. The monoisotopic (exact) mass is 364 g/mol. The van der Waals surface area contributed by atoms with Crippen LogP contribution in [0.15, 0.2) is 47.4 Å². The lowest BCUT2D eigenvalue weighted by molar-refractivity contribution is 0.0582. The molecule has 27 heavy (non-hydrogen) atoms. The molecular weight excluding hydrogens is 344 g/mol. The first kappa shape index (κ1) is 17.2. The molecule has 0 saturated carbocycles. The third-order valence-electron chi connectivity index (χ3n) is 4.23. The molecule has 0 aliphatic carbocycles. The predicted octanol–water partition coefficient (Wildman–Crippen LogP) is 1.96. The normalized spacial score (nSPS) is 12.0. The summed E-state index contributed by atoms with van der Waals surface area (Å²) in [5, 5.41) is 20.2. The van der Waals surface area contributed by atoms with Crippen LogP contribution in [0.25, 0.3) is 33.8 Å². The van der Waals surface area contributed by atoms with Crippen molar-refractivity contribution in [2.24, 2.45) is 7.05 Å². The van der Waals surface area contributed by atoms with E-state index in [0.717, 1.165) is 16.5 Å². The standard InChI is InChI=1S/C19H20N6O2/c1-19(2,27)11-25-18(15-8-9-16(26)24(3)22-15)21-17(23-25)13-10-20-14-7-5-4-6-12(13)14/h4-10,20,27H,11H2,1-3H3. The molecule has 8 heteroatoms. The molecule has 3 heterocycles. The number of aryl methyl sites for hydroxylation is 1. The van der Waals surface area contributed by atoms with Crippen molar-refractivity contribution in [2.45, 2.75) is 26.0 Å². The largest absolute Gasteiger partial charge is 0.389 e. The highest BCUT2D eigenvalue weighted by atomic mass is 16.3. The second-order valence-electron chi connectivity index (χ2n) is 7.16. The summed E-state index contributed by atoms with van der Waals surface area (Å²) in [6.45, 7) is 3.65. The molecule has 138 valence electrons. The van der Waals surface area contributed by atoms with Gasteiger partial charge in [0.05, 0.1) is 12.1 Å². The molecule has 1 aromatic carbocycles. The highest BCUT2D eigenvalue weighted by molar-refractivity contribution is 5.93. The van der Waals surface area contributed by atoms with Crippen LogP contribution in [0.5, 0.6) is 0 Å². The highest BCUT2D eigenvalue weighted by Crippen LogP contribution is 2.28. The van der Waals surface area contributed by atoms with E-state index in [1.807, 2.05) is 30.5 Å². The van der Waals surface area contributed by atoms with Crippen molar-refractivity contribution in [3.8, 4) is 22.9 Å². The Hall–Kier alpha value is -3.26. The molecule has 0 amide bonds. The van der Waals surface area contributed by atoms with Crippen LogP contribution in [0.4, 0.5) is 0 Å². The van der Waals surface area contributed by atoms with Crippen LogP contribution in [0, 0.1) is 0 Å². The number of nitrogens with zero attached hydrogens (tertiary/aromatic N) is 5. The molecule has 0 spiro atoms. The molecule has 2 N–H and O–H groups in total. The minimum atomic E-state index is -0.986. The van der Waals surface area contributed by atoms with Gasteiger partial charge in [0.25, 0.3) is 5.56 Å². The lowest BCUT2D eigenvalue weighted by Crippen LogP contribution is -2.27. The molecule has 3 aromatic heterocycles. The van der Waals surface area contributed by atoms with Crippen molar-refractivity contribution in [1.29, 1.82) is 0 Å². The molecule has 4 aromatic rings. The smallest absolute Gasteiger partial charge is 0.266 e. The minimum Gasteiger partial charge on any atom is -0.389 e. The molecule has 0 bridgehead atoms. The van der Waals surface area contributed by atoms with Gasteiger partial charge >= 0.3 is 0 Å². The molecule has 0 aliphatic heterocycles. The number of fused-ring (bicyclic) bond motifs is 1. The lowest BCUT2D eigenvalue weighted by atomic mass is 10.1. The second-order valence-corrected chi connectivity index (χ2v) is 7.16. The van der Waals surface area contributed by atoms with E-state index in [9.17, 15) is 9.90 Å². The number of hydrogen-bond donors (Lipinski definition) is 2. The number of hydrogen-bond acceptors (Lipinski definition) is 5. The quantitative estimate of drug-likeness (QED) is 0.576. The summed E-state index contributed by atoms with van der Waals surface area (Å²) in [4.78, 5) is 19.6. The Morgan fingerprint density at radius 1 is 1.15 bits per heavy atom. The first-order valence-corrected chi connectivity index (χ1v) is 8.60. The number of H-pyrrole nitrogens is 1. The predicted molar refractivity (Wildman–Crippen MR) is 102 cm³/mol. The van der Waals surface area contributed by atoms with E-state index in [2.05, 4.69) is 20.2 Å². The van der Waals surface area contributed by atoms with Crippen molar-refractivity contribution in [3.63, 3.8) is 0 Å². The first-order chi connectivity index (χ1) is 12.8. The van der Waals surface area contributed by atoms with Crippen molar-refractivity contribution < 1.29 is 5.11 Å². The molecule has 4 rings (SSSR count). The fourth-order valence-corrected chi connectivity index (χ4v) is 3.00. The number of rotatable bonds is 4. The molecule has 0 fully saturated rings. The lowest BCUT2D eigenvalue weighted by Gasteiger charge is -2.17. The van der Waals surface area contributed by atoms with Gasteiger partial charge in [0.2, 0.25) is 0 Å². The van der Waals surface area contributed by atoms with E-state index in [4.69, 9.17) is 0 Å². The van der Waals surface area contributed by atoms with Crippen LogP contribution >= 0.6 is 0 Å². The Morgan fingerprint density at radius 3 is 2.67 bits per heavy atom. The van der Waals surface area contributed by atoms with Crippen LogP contribution in [0.1, 0.15) is 13.8 Å². The number of aromatic amines is 1. The van der Waals surface area contributed by atoms with Gasteiger partial charge in [0.1, 0.15) is 5.69 Å². The summed E-state index contributed by atoms with van der Waals surface area (Å²) >= 11 is 0. The fraction of sp³-hybridized carbons (Fsp3) is 0.263. The number of nitrogens with one attached hydrogen (secondary N) is 1. The van der Waals surface area contributed by atoms with Gasteiger partial charge < -0.3 is 10.1 Å². The van der Waals surface area contributed by atoms with E-state index in [1.54, 1.807) is 31.6 Å². The average molecular weight is 364 g/mol. The van der Waals surface area contributed by atoms with Gasteiger partial charge in [-0.25, -0.2) is 14.3 Å². The minimum absolute atomic E-state index is 0.204. The van der Waals surface area contributed by atoms with Crippen LogP contribution in [0.3, 0.4) is 0 Å². The van der Waals surface area contributed by atoms with E-state index < -0.39 is 5.60 Å². The highest BCUT2D eigenvalue weighted by Gasteiger charge is 2.22. The van der Waals surface area contributed by atoms with Crippen LogP contribution in [0.2, 0.25) is 0 Å².